The zero-order valence-electron chi connectivity index (χ0n) is 14.5. The van der Waals surface area contributed by atoms with E-state index in [4.69, 9.17) is 9.84 Å². The van der Waals surface area contributed by atoms with E-state index in [0.29, 0.717) is 12.6 Å². The molecule has 0 bridgehead atoms. The smallest absolute Gasteiger partial charge is 0.412 e. The van der Waals surface area contributed by atoms with Crippen LogP contribution < -0.4 is 11.0 Å². The van der Waals surface area contributed by atoms with E-state index in [1.165, 1.54) is 0 Å². The van der Waals surface area contributed by atoms with Crippen molar-refractivity contribution in [2.24, 2.45) is 0 Å². The van der Waals surface area contributed by atoms with Crippen LogP contribution in [-0.2, 0) is 15.5 Å². The van der Waals surface area contributed by atoms with Crippen molar-refractivity contribution in [3.8, 4) is 0 Å². The quantitative estimate of drug-likeness (QED) is 0.473. The predicted molar refractivity (Wildman–Crippen MR) is 86.1 cm³/mol. The number of nitrogens with zero attached hydrogens (tertiary/aromatic N) is 2. The summed E-state index contributed by atoms with van der Waals surface area (Å²) >= 11 is 0. The molecule has 0 aromatic carbocycles. The molecule has 1 aliphatic heterocycles. The topological polar surface area (TPSA) is 143 Å². The van der Waals surface area contributed by atoms with Gasteiger partial charge in [0, 0.05) is 6.20 Å². The number of anilines is 1. The number of amides is 1. The van der Waals surface area contributed by atoms with Crippen LogP contribution in [0.4, 0.5) is 19.4 Å². The zero-order chi connectivity index (χ0) is 20.2. The molecule has 10 nitrogen and oxygen atoms in total. The second-order valence-electron chi connectivity index (χ2n) is 5.95. The summed E-state index contributed by atoms with van der Waals surface area (Å²) in [5, 5.41) is 30.3. The highest BCUT2D eigenvalue weighted by molar-refractivity contribution is 5.83. The van der Waals surface area contributed by atoms with Gasteiger partial charge in [0.25, 0.3) is 0 Å². The van der Waals surface area contributed by atoms with Crippen molar-refractivity contribution < 1.29 is 38.4 Å². The van der Waals surface area contributed by atoms with Crippen molar-refractivity contribution >= 4 is 11.9 Å². The van der Waals surface area contributed by atoms with Gasteiger partial charge in [-0.05, 0) is 12.5 Å². The minimum absolute atomic E-state index is 0.0381. The maximum atomic E-state index is 14.9. The Bertz CT molecular complexity index is 730. The third kappa shape index (κ3) is 4.08. The summed E-state index contributed by atoms with van der Waals surface area (Å²) in [6.45, 7) is 1.13. The second-order valence-corrected chi connectivity index (χ2v) is 5.95. The number of hydrogen-bond acceptors (Lipinski definition) is 8. The fraction of sp³-hybridized carbons (Fsp3) is 0.667. The molecule has 1 fully saturated rings. The van der Waals surface area contributed by atoms with E-state index >= 15 is 0 Å². The van der Waals surface area contributed by atoms with E-state index in [1.54, 1.807) is 0 Å². The molecule has 0 aliphatic carbocycles. The summed E-state index contributed by atoms with van der Waals surface area (Å²) in [6.07, 6.45) is -2.02. The Hall–Kier alpha value is -2.15. The summed E-state index contributed by atoms with van der Waals surface area (Å²) in [4.78, 5) is 26.9. The molecule has 1 aromatic rings. The van der Waals surface area contributed by atoms with Crippen LogP contribution in [0.5, 0.6) is 0 Å². The van der Waals surface area contributed by atoms with Crippen LogP contribution in [0.3, 0.4) is 0 Å². The number of nitrogens with one attached hydrogen (secondary N) is 1. The highest BCUT2D eigenvalue weighted by Crippen LogP contribution is 2.45. The van der Waals surface area contributed by atoms with Gasteiger partial charge in [-0.25, -0.2) is 18.5 Å². The van der Waals surface area contributed by atoms with Crippen LogP contribution in [0.1, 0.15) is 26.2 Å². The number of aliphatic hydroxyl groups excluding tert-OH is 2. The molecule has 1 amide bonds. The van der Waals surface area contributed by atoms with E-state index in [9.17, 15) is 28.6 Å². The number of aliphatic hydroxyl groups is 3. The van der Waals surface area contributed by atoms with Crippen molar-refractivity contribution in [2.45, 2.75) is 50.2 Å². The molecule has 0 unspecified atom stereocenters. The van der Waals surface area contributed by atoms with E-state index in [1.807, 2.05) is 6.92 Å². The molecule has 0 spiro atoms. The van der Waals surface area contributed by atoms with Gasteiger partial charge in [-0.2, -0.15) is 9.37 Å². The van der Waals surface area contributed by atoms with Crippen LogP contribution in [-0.4, -0.2) is 62.2 Å². The van der Waals surface area contributed by atoms with Gasteiger partial charge in [0.05, 0.1) is 13.2 Å². The first-order valence-electron chi connectivity index (χ1n) is 8.28. The first-order valence-corrected chi connectivity index (χ1v) is 8.28. The van der Waals surface area contributed by atoms with Crippen molar-refractivity contribution in [1.29, 1.82) is 0 Å². The molecule has 27 heavy (non-hydrogen) atoms. The number of unbranched alkanes of at least 4 members (excludes halogenated alkanes) is 2. The lowest BCUT2D eigenvalue weighted by atomic mass is 10.1. The average molecular weight is 393 g/mol. The number of carbonyl (C=O) groups excluding carboxylic acids is 1. The van der Waals surface area contributed by atoms with Gasteiger partial charge < -0.3 is 24.8 Å². The number of carbonyl (C=O) groups is 1. The SMILES string of the molecule is CCCCCOC(=O)Nc1ccn([C@]2(F)O[C@H](CO)[C@@H](O)[C@]2(O)F)c(=O)n1. The molecule has 1 aromatic heterocycles. The lowest BCUT2D eigenvalue weighted by Gasteiger charge is -2.29. The second kappa shape index (κ2) is 8.25. The van der Waals surface area contributed by atoms with E-state index in [-0.39, 0.29) is 17.0 Å². The lowest BCUT2D eigenvalue weighted by molar-refractivity contribution is -0.325. The molecule has 1 saturated heterocycles. The molecular formula is C15H21F2N3O7. The van der Waals surface area contributed by atoms with Gasteiger partial charge in [0.1, 0.15) is 18.0 Å². The Morgan fingerprint density at radius 1 is 1.48 bits per heavy atom. The van der Waals surface area contributed by atoms with Crippen LogP contribution in [0.15, 0.2) is 17.1 Å². The highest BCUT2D eigenvalue weighted by atomic mass is 19.2. The van der Waals surface area contributed by atoms with Gasteiger partial charge in [0.15, 0.2) is 0 Å². The third-order valence-electron chi connectivity index (χ3n) is 3.99. The Morgan fingerprint density at radius 3 is 2.74 bits per heavy atom. The van der Waals surface area contributed by atoms with Gasteiger partial charge in [-0.15, -0.1) is 0 Å². The van der Waals surface area contributed by atoms with E-state index in [0.717, 1.165) is 18.9 Å². The predicted octanol–water partition coefficient (Wildman–Crippen LogP) is -0.0281. The van der Waals surface area contributed by atoms with E-state index < -0.39 is 42.4 Å². The maximum absolute atomic E-state index is 14.9. The summed E-state index contributed by atoms with van der Waals surface area (Å²) in [7, 11) is 0. The monoisotopic (exact) mass is 393 g/mol. The Labute approximate surface area is 152 Å². The van der Waals surface area contributed by atoms with Crippen molar-refractivity contribution in [2.75, 3.05) is 18.5 Å². The van der Waals surface area contributed by atoms with Gasteiger partial charge in [0.2, 0.25) is 0 Å². The molecule has 12 heteroatoms. The number of ether oxygens (including phenoxy) is 2. The molecule has 0 saturated carbocycles. The number of hydrogen-bond donors (Lipinski definition) is 4. The number of alkyl halides is 2. The zero-order valence-corrected chi connectivity index (χ0v) is 14.5. The van der Waals surface area contributed by atoms with Crippen LogP contribution in [0, 0.1) is 0 Å². The Kier molecular flexibility index (Phi) is 6.46. The van der Waals surface area contributed by atoms with Crippen LogP contribution in [0.2, 0.25) is 0 Å². The number of aromatic nitrogens is 2. The normalized spacial score (nSPS) is 30.3. The molecule has 2 rings (SSSR count). The highest BCUT2D eigenvalue weighted by Gasteiger charge is 2.70. The number of halogens is 2. The van der Waals surface area contributed by atoms with Crippen molar-refractivity contribution in [3.63, 3.8) is 0 Å². The van der Waals surface area contributed by atoms with Gasteiger partial charge in [-0.1, -0.05) is 19.8 Å². The summed E-state index contributed by atoms with van der Waals surface area (Å²) in [5.41, 5.74) is -1.43. The molecule has 0 radical (unpaired) electrons. The van der Waals surface area contributed by atoms with Crippen molar-refractivity contribution in [1.82, 2.24) is 9.55 Å². The first-order chi connectivity index (χ1) is 12.7. The first kappa shape index (κ1) is 21.2. The average Bonchev–Trinajstić information content (AvgIpc) is 2.79. The molecule has 1 aliphatic rings. The molecule has 4 atom stereocenters. The fourth-order valence-corrected chi connectivity index (χ4v) is 2.49. The summed E-state index contributed by atoms with van der Waals surface area (Å²) in [6, 6.07) is 0.939. The van der Waals surface area contributed by atoms with Crippen LogP contribution >= 0.6 is 0 Å². The Balaban J connectivity index is 2.15. The standard InChI is InChI=1S/C15H21F2N3O7/c1-2-3-4-7-26-13(24)19-10-5-6-20(12(23)18-10)15(17)14(16,25)11(22)9(8-21)27-15/h5-6,9,11,21-22,25H,2-4,7-8H2,1H3,(H,18,19,23,24)/t9-,11-,14-,15+/m1/s1. The van der Waals surface area contributed by atoms with Crippen molar-refractivity contribution in [3.05, 3.63) is 22.7 Å². The number of rotatable bonds is 7. The van der Waals surface area contributed by atoms with Gasteiger partial charge >= 0.3 is 23.6 Å². The molecular weight excluding hydrogens is 372 g/mol. The molecule has 2 heterocycles. The minimum atomic E-state index is -4.03. The third-order valence-corrected chi connectivity index (χ3v) is 3.99. The minimum Gasteiger partial charge on any atom is -0.449 e. The Morgan fingerprint density at radius 2 is 2.19 bits per heavy atom. The maximum Gasteiger partial charge on any atom is 0.412 e. The molecule has 4 N–H and O–H groups in total. The van der Waals surface area contributed by atoms with Crippen LogP contribution in [0.25, 0.3) is 0 Å². The lowest BCUT2D eigenvalue weighted by Crippen LogP contribution is -2.55. The van der Waals surface area contributed by atoms with E-state index in [2.05, 4.69) is 15.0 Å². The molecule has 152 valence electrons. The summed E-state index contributed by atoms with van der Waals surface area (Å²) in [5.74, 6) is -8.16. The largest absolute Gasteiger partial charge is 0.449 e. The summed E-state index contributed by atoms with van der Waals surface area (Å²) < 4.78 is 38.5. The van der Waals surface area contributed by atoms with Gasteiger partial charge in [-0.3, -0.25) is 5.32 Å². The fourth-order valence-electron chi connectivity index (χ4n) is 2.49.